The lowest BCUT2D eigenvalue weighted by Crippen LogP contribution is -2.23. The first kappa shape index (κ1) is 12.6. The summed E-state index contributed by atoms with van der Waals surface area (Å²) in [4.78, 5) is 15.9. The summed E-state index contributed by atoms with van der Waals surface area (Å²) in [5.74, 6) is 0.917. The maximum atomic E-state index is 11.9. The number of hydrogen-bond donors (Lipinski definition) is 2. The van der Waals surface area contributed by atoms with E-state index in [1.54, 1.807) is 31.3 Å². The summed E-state index contributed by atoms with van der Waals surface area (Å²) in [7, 11) is 0. The number of hydrogen-bond acceptors (Lipinski definition) is 4. The van der Waals surface area contributed by atoms with Gasteiger partial charge in [-0.05, 0) is 25.1 Å². The van der Waals surface area contributed by atoms with Gasteiger partial charge in [0, 0.05) is 10.2 Å². The number of benzene rings is 1. The molecule has 0 bridgehead atoms. The molecule has 5 nitrogen and oxygen atoms in total. The highest BCUT2D eigenvalue weighted by molar-refractivity contribution is 9.10. The van der Waals surface area contributed by atoms with Gasteiger partial charge in [0.05, 0.1) is 18.3 Å². The van der Waals surface area contributed by atoms with Gasteiger partial charge >= 0.3 is 0 Å². The number of anilines is 1. The van der Waals surface area contributed by atoms with Crippen LogP contribution in [0, 0.1) is 6.92 Å². The Kier molecular flexibility index (Phi) is 3.66. The molecule has 1 aromatic heterocycles. The molecule has 1 aromatic carbocycles. The van der Waals surface area contributed by atoms with Crippen molar-refractivity contribution in [3.63, 3.8) is 0 Å². The molecule has 0 aliphatic carbocycles. The van der Waals surface area contributed by atoms with E-state index in [2.05, 4.69) is 26.2 Å². The molecule has 1 amide bonds. The van der Waals surface area contributed by atoms with Crippen LogP contribution in [0.15, 0.2) is 33.3 Å². The normalized spacial score (nSPS) is 10.3. The van der Waals surface area contributed by atoms with Gasteiger partial charge in [-0.25, -0.2) is 4.98 Å². The smallest absolute Gasteiger partial charge is 0.253 e. The molecule has 0 saturated heterocycles. The second kappa shape index (κ2) is 5.22. The number of oxazole rings is 1. The highest BCUT2D eigenvalue weighted by atomic mass is 79.9. The monoisotopic (exact) mass is 309 g/mol. The lowest BCUT2D eigenvalue weighted by Gasteiger charge is -2.06. The zero-order chi connectivity index (χ0) is 13.1. The van der Waals surface area contributed by atoms with Crippen molar-refractivity contribution in [2.45, 2.75) is 13.5 Å². The predicted octanol–water partition coefficient (Wildman–Crippen LogP) is 2.26. The Morgan fingerprint density at radius 2 is 2.33 bits per heavy atom. The molecule has 6 heteroatoms. The SMILES string of the molecule is Cc1cnc(CNC(=O)c2cc(Br)ccc2N)o1. The summed E-state index contributed by atoms with van der Waals surface area (Å²) in [5, 5.41) is 2.70. The highest BCUT2D eigenvalue weighted by Gasteiger charge is 2.11. The summed E-state index contributed by atoms with van der Waals surface area (Å²) in [6.07, 6.45) is 1.61. The minimum Gasteiger partial charge on any atom is -0.444 e. The number of aryl methyl sites for hydroxylation is 1. The van der Waals surface area contributed by atoms with Crippen molar-refractivity contribution >= 4 is 27.5 Å². The first-order chi connectivity index (χ1) is 8.56. The molecule has 0 atom stereocenters. The van der Waals surface area contributed by atoms with E-state index in [4.69, 9.17) is 10.2 Å². The standard InChI is InChI=1S/C12H12BrN3O2/c1-7-5-15-11(18-7)6-16-12(17)9-4-8(13)2-3-10(9)14/h2-5H,6,14H2,1H3,(H,16,17). The molecule has 94 valence electrons. The molecule has 0 aliphatic rings. The second-order valence-electron chi connectivity index (χ2n) is 3.78. The van der Waals surface area contributed by atoms with E-state index >= 15 is 0 Å². The molecule has 2 rings (SSSR count). The van der Waals surface area contributed by atoms with Gasteiger partial charge in [0.2, 0.25) is 5.89 Å². The maximum absolute atomic E-state index is 11.9. The average molecular weight is 310 g/mol. The van der Waals surface area contributed by atoms with Crippen molar-refractivity contribution in [1.82, 2.24) is 10.3 Å². The first-order valence-corrected chi connectivity index (χ1v) is 6.10. The van der Waals surface area contributed by atoms with E-state index in [0.717, 1.165) is 4.47 Å². The number of carbonyl (C=O) groups is 1. The molecule has 0 unspecified atom stereocenters. The van der Waals surface area contributed by atoms with Crippen LogP contribution in [0.1, 0.15) is 22.0 Å². The van der Waals surface area contributed by atoms with Crippen molar-refractivity contribution in [1.29, 1.82) is 0 Å². The number of rotatable bonds is 3. The Labute approximate surface area is 113 Å². The van der Waals surface area contributed by atoms with Crippen LogP contribution in [0.3, 0.4) is 0 Å². The Morgan fingerprint density at radius 3 is 3.00 bits per heavy atom. The van der Waals surface area contributed by atoms with Crippen LogP contribution < -0.4 is 11.1 Å². The topological polar surface area (TPSA) is 81.2 Å². The van der Waals surface area contributed by atoms with Crippen LogP contribution in [-0.4, -0.2) is 10.9 Å². The van der Waals surface area contributed by atoms with E-state index < -0.39 is 0 Å². The van der Waals surface area contributed by atoms with Gasteiger partial charge in [-0.3, -0.25) is 4.79 Å². The number of nitrogens with two attached hydrogens (primary N) is 1. The van der Waals surface area contributed by atoms with Crippen molar-refractivity contribution in [2.75, 3.05) is 5.73 Å². The van der Waals surface area contributed by atoms with Gasteiger partial charge in [0.15, 0.2) is 0 Å². The highest BCUT2D eigenvalue weighted by Crippen LogP contribution is 2.18. The number of nitrogens with one attached hydrogen (secondary N) is 1. The van der Waals surface area contributed by atoms with Gasteiger partial charge in [0.25, 0.3) is 5.91 Å². The fraction of sp³-hybridized carbons (Fsp3) is 0.167. The van der Waals surface area contributed by atoms with Gasteiger partial charge in [-0.15, -0.1) is 0 Å². The van der Waals surface area contributed by atoms with E-state index in [-0.39, 0.29) is 12.5 Å². The molecule has 0 spiro atoms. The Bertz CT molecular complexity index is 580. The maximum Gasteiger partial charge on any atom is 0.253 e. The molecule has 3 N–H and O–H groups in total. The molecular weight excluding hydrogens is 298 g/mol. The third-order valence-corrected chi connectivity index (χ3v) is 2.82. The van der Waals surface area contributed by atoms with Crippen LogP contribution in [0.25, 0.3) is 0 Å². The minimum atomic E-state index is -0.260. The summed E-state index contributed by atoms with van der Waals surface area (Å²) < 4.78 is 6.06. The lowest BCUT2D eigenvalue weighted by atomic mass is 10.1. The lowest BCUT2D eigenvalue weighted by molar-refractivity contribution is 0.0948. The van der Waals surface area contributed by atoms with Crippen LogP contribution in [0.5, 0.6) is 0 Å². The molecule has 0 fully saturated rings. The third-order valence-electron chi connectivity index (χ3n) is 2.33. The van der Waals surface area contributed by atoms with Crippen molar-refractivity contribution in [3.8, 4) is 0 Å². The van der Waals surface area contributed by atoms with Gasteiger partial charge < -0.3 is 15.5 Å². The molecular formula is C12H12BrN3O2. The van der Waals surface area contributed by atoms with Gasteiger partial charge in [-0.2, -0.15) is 0 Å². The number of aromatic nitrogens is 1. The zero-order valence-corrected chi connectivity index (χ0v) is 11.3. The summed E-state index contributed by atoms with van der Waals surface area (Å²) >= 11 is 3.30. The average Bonchev–Trinajstić information content (AvgIpc) is 2.75. The third kappa shape index (κ3) is 2.89. The molecule has 0 aliphatic heterocycles. The van der Waals surface area contributed by atoms with Gasteiger partial charge in [-0.1, -0.05) is 15.9 Å². The van der Waals surface area contributed by atoms with E-state index in [9.17, 15) is 4.79 Å². The number of carbonyl (C=O) groups excluding carboxylic acids is 1. The number of amides is 1. The van der Waals surface area contributed by atoms with Crippen LogP contribution in [-0.2, 0) is 6.54 Å². The molecule has 2 aromatic rings. The number of nitrogens with zero attached hydrogens (tertiary/aromatic N) is 1. The molecule has 18 heavy (non-hydrogen) atoms. The second-order valence-corrected chi connectivity index (χ2v) is 4.69. The fourth-order valence-corrected chi connectivity index (χ4v) is 1.82. The predicted molar refractivity (Wildman–Crippen MR) is 71.0 cm³/mol. The summed E-state index contributed by atoms with van der Waals surface area (Å²) in [6, 6.07) is 5.13. The van der Waals surface area contributed by atoms with Crippen LogP contribution in [0.4, 0.5) is 5.69 Å². The molecule has 1 heterocycles. The molecule has 0 saturated carbocycles. The Morgan fingerprint density at radius 1 is 1.56 bits per heavy atom. The summed E-state index contributed by atoms with van der Waals surface area (Å²) in [5.41, 5.74) is 6.60. The molecule has 0 radical (unpaired) electrons. The number of nitrogen functional groups attached to an aromatic ring is 1. The van der Waals surface area contributed by atoms with Crippen LogP contribution in [0.2, 0.25) is 0 Å². The quantitative estimate of drug-likeness (QED) is 0.852. The van der Waals surface area contributed by atoms with E-state index in [0.29, 0.717) is 22.9 Å². The minimum absolute atomic E-state index is 0.235. The van der Waals surface area contributed by atoms with Crippen molar-refractivity contribution in [3.05, 3.63) is 46.1 Å². The Hall–Kier alpha value is -1.82. The first-order valence-electron chi connectivity index (χ1n) is 5.31. The Balaban J connectivity index is 2.05. The van der Waals surface area contributed by atoms with Gasteiger partial charge in [0.1, 0.15) is 5.76 Å². The van der Waals surface area contributed by atoms with E-state index in [1.165, 1.54) is 0 Å². The fourth-order valence-electron chi connectivity index (χ4n) is 1.46. The van der Waals surface area contributed by atoms with Crippen molar-refractivity contribution < 1.29 is 9.21 Å². The zero-order valence-electron chi connectivity index (χ0n) is 9.74. The van der Waals surface area contributed by atoms with Crippen molar-refractivity contribution in [2.24, 2.45) is 0 Å². The van der Waals surface area contributed by atoms with Crippen LogP contribution >= 0.6 is 15.9 Å². The summed E-state index contributed by atoms with van der Waals surface area (Å²) in [6.45, 7) is 2.03. The van der Waals surface area contributed by atoms with E-state index in [1.807, 2.05) is 0 Å². The number of halogens is 1. The largest absolute Gasteiger partial charge is 0.444 e.